The lowest BCUT2D eigenvalue weighted by atomic mass is 10.2. The van der Waals surface area contributed by atoms with Gasteiger partial charge < -0.3 is 5.32 Å². The Bertz CT molecular complexity index is 1100. The molecular weight excluding hydrogens is 380 g/mol. The summed E-state index contributed by atoms with van der Waals surface area (Å²) in [5, 5.41) is 24.1. The Morgan fingerprint density at radius 3 is 2.75 bits per heavy atom. The molecule has 0 aliphatic carbocycles. The van der Waals surface area contributed by atoms with E-state index in [1.807, 2.05) is 35.7 Å². The molecule has 0 saturated heterocycles. The number of tetrazole rings is 1. The molecule has 10 heteroatoms. The van der Waals surface area contributed by atoms with Crippen LogP contribution in [-0.2, 0) is 11.3 Å². The zero-order valence-electron chi connectivity index (χ0n) is 15.0. The average molecular weight is 397 g/mol. The number of fused-ring (bicyclic) bond motifs is 1. The van der Waals surface area contributed by atoms with Crippen molar-refractivity contribution in [1.29, 1.82) is 0 Å². The van der Waals surface area contributed by atoms with E-state index in [9.17, 15) is 4.79 Å². The summed E-state index contributed by atoms with van der Waals surface area (Å²) in [7, 11) is 0. The second-order valence-electron chi connectivity index (χ2n) is 6.13. The minimum absolute atomic E-state index is 0.213. The number of hydrogen-bond donors (Lipinski definition) is 1. The molecule has 3 aromatic heterocycles. The first-order valence-corrected chi connectivity index (χ1v) is 9.15. The van der Waals surface area contributed by atoms with Crippen LogP contribution in [0.15, 0.2) is 48.7 Å². The van der Waals surface area contributed by atoms with Gasteiger partial charge >= 0.3 is 0 Å². The molecule has 28 heavy (non-hydrogen) atoms. The number of aromatic nitrogens is 7. The van der Waals surface area contributed by atoms with Crippen molar-refractivity contribution in [3.8, 4) is 11.4 Å². The van der Waals surface area contributed by atoms with Crippen LogP contribution in [0.3, 0.4) is 0 Å². The lowest BCUT2D eigenvalue weighted by Crippen LogP contribution is -2.33. The van der Waals surface area contributed by atoms with E-state index in [2.05, 4.69) is 30.9 Å². The van der Waals surface area contributed by atoms with E-state index < -0.39 is 6.04 Å². The molecule has 0 radical (unpaired) electrons. The molecule has 0 aliphatic heterocycles. The molecule has 1 aromatic carbocycles. The number of rotatable bonds is 6. The Hall–Kier alpha value is -3.33. The topological polar surface area (TPSA) is 103 Å². The quantitative estimate of drug-likeness (QED) is 0.536. The monoisotopic (exact) mass is 396 g/mol. The van der Waals surface area contributed by atoms with Gasteiger partial charge in [0.05, 0.1) is 6.54 Å². The molecule has 0 spiro atoms. The predicted molar refractivity (Wildman–Crippen MR) is 102 cm³/mol. The van der Waals surface area contributed by atoms with Crippen molar-refractivity contribution < 1.29 is 4.79 Å². The number of halogens is 1. The fourth-order valence-corrected chi connectivity index (χ4v) is 2.95. The van der Waals surface area contributed by atoms with E-state index in [0.29, 0.717) is 23.1 Å². The minimum atomic E-state index is -0.576. The third kappa shape index (κ3) is 3.56. The molecule has 142 valence electrons. The summed E-state index contributed by atoms with van der Waals surface area (Å²) >= 11 is 5.91. The van der Waals surface area contributed by atoms with Gasteiger partial charge in [-0.05, 0) is 48.0 Å². The number of pyridine rings is 1. The summed E-state index contributed by atoms with van der Waals surface area (Å²) in [5.41, 5.74) is 1.50. The van der Waals surface area contributed by atoms with Gasteiger partial charge in [-0.25, -0.2) is 0 Å². The van der Waals surface area contributed by atoms with Crippen LogP contribution in [0, 0.1) is 0 Å². The normalized spacial score (nSPS) is 12.2. The number of carbonyl (C=O) groups excluding carboxylic acids is 1. The third-order valence-corrected chi connectivity index (χ3v) is 4.56. The summed E-state index contributed by atoms with van der Waals surface area (Å²) in [6.07, 6.45) is 2.37. The molecule has 1 amide bonds. The van der Waals surface area contributed by atoms with Crippen LogP contribution in [0.1, 0.15) is 25.2 Å². The summed E-state index contributed by atoms with van der Waals surface area (Å²) in [6, 6.07) is 12.2. The highest BCUT2D eigenvalue weighted by atomic mass is 35.5. The Balaban J connectivity index is 1.47. The first-order valence-electron chi connectivity index (χ1n) is 8.77. The Labute approximate surface area is 165 Å². The molecule has 0 bridgehead atoms. The van der Waals surface area contributed by atoms with Crippen molar-refractivity contribution in [3.05, 3.63) is 59.5 Å². The van der Waals surface area contributed by atoms with E-state index >= 15 is 0 Å². The number of nitrogens with one attached hydrogen (secondary N) is 1. The van der Waals surface area contributed by atoms with Crippen molar-refractivity contribution in [2.75, 3.05) is 0 Å². The molecule has 0 unspecified atom stereocenters. The van der Waals surface area contributed by atoms with Gasteiger partial charge in [-0.15, -0.1) is 20.4 Å². The SMILES string of the molecule is CC[C@H](C(=O)NCc1nnc2ccccn12)n1nnc(-c2ccc(Cl)cc2)n1. The van der Waals surface area contributed by atoms with E-state index in [4.69, 9.17) is 11.6 Å². The van der Waals surface area contributed by atoms with Crippen LogP contribution in [0.4, 0.5) is 0 Å². The number of amides is 1. The fourth-order valence-electron chi connectivity index (χ4n) is 2.82. The van der Waals surface area contributed by atoms with Gasteiger partial charge in [0.1, 0.15) is 0 Å². The van der Waals surface area contributed by atoms with Crippen LogP contribution in [0.5, 0.6) is 0 Å². The van der Waals surface area contributed by atoms with Crippen molar-refractivity contribution in [1.82, 2.24) is 40.1 Å². The number of nitrogens with zero attached hydrogens (tertiary/aromatic N) is 7. The maximum absolute atomic E-state index is 12.7. The molecule has 1 N–H and O–H groups in total. The molecule has 0 fully saturated rings. The summed E-state index contributed by atoms with van der Waals surface area (Å²) in [6.45, 7) is 2.14. The number of benzene rings is 1. The maximum Gasteiger partial charge on any atom is 0.247 e. The standard InChI is InChI=1S/C18H17ClN8O/c1-2-14(27-24-17(23-25-27)12-6-8-13(19)9-7-12)18(28)20-11-16-22-21-15-5-3-4-10-26(15)16/h3-10,14H,2,11H2,1H3,(H,20,28)/t14-/m1/s1. The summed E-state index contributed by atoms with van der Waals surface area (Å²) in [5.74, 6) is 0.869. The molecule has 4 rings (SSSR count). The van der Waals surface area contributed by atoms with Crippen molar-refractivity contribution in [3.63, 3.8) is 0 Å². The summed E-state index contributed by atoms with van der Waals surface area (Å²) < 4.78 is 1.83. The van der Waals surface area contributed by atoms with E-state index in [-0.39, 0.29) is 12.5 Å². The average Bonchev–Trinajstić information content (AvgIpc) is 3.35. The van der Waals surface area contributed by atoms with Gasteiger partial charge in [-0.3, -0.25) is 9.20 Å². The summed E-state index contributed by atoms with van der Waals surface area (Å²) in [4.78, 5) is 14.0. The Morgan fingerprint density at radius 2 is 1.96 bits per heavy atom. The number of hydrogen-bond acceptors (Lipinski definition) is 6. The van der Waals surface area contributed by atoms with Gasteiger partial charge in [-0.2, -0.15) is 4.80 Å². The fraction of sp³-hybridized carbons (Fsp3) is 0.222. The largest absolute Gasteiger partial charge is 0.347 e. The van der Waals surface area contributed by atoms with Gasteiger partial charge in [0.25, 0.3) is 0 Å². The first kappa shape index (κ1) is 18.1. The van der Waals surface area contributed by atoms with Crippen LogP contribution >= 0.6 is 11.6 Å². The molecular formula is C18H17ClN8O. The molecule has 4 aromatic rings. The Morgan fingerprint density at radius 1 is 1.14 bits per heavy atom. The highest BCUT2D eigenvalue weighted by Crippen LogP contribution is 2.18. The smallest absolute Gasteiger partial charge is 0.247 e. The maximum atomic E-state index is 12.7. The van der Waals surface area contributed by atoms with Crippen LogP contribution in [0.25, 0.3) is 17.0 Å². The first-order chi connectivity index (χ1) is 13.7. The number of carbonyl (C=O) groups is 1. The molecule has 1 atom stereocenters. The predicted octanol–water partition coefficient (Wildman–Crippen LogP) is 2.30. The van der Waals surface area contributed by atoms with Gasteiger partial charge in [0, 0.05) is 16.8 Å². The van der Waals surface area contributed by atoms with E-state index in [1.165, 1.54) is 4.80 Å². The zero-order valence-corrected chi connectivity index (χ0v) is 15.8. The molecule has 3 heterocycles. The molecule has 0 aliphatic rings. The zero-order chi connectivity index (χ0) is 19.5. The van der Waals surface area contributed by atoms with Gasteiger partial charge in [0.2, 0.25) is 11.7 Å². The molecule has 9 nitrogen and oxygen atoms in total. The van der Waals surface area contributed by atoms with Crippen LogP contribution < -0.4 is 5.32 Å². The van der Waals surface area contributed by atoms with Crippen molar-refractivity contribution in [2.24, 2.45) is 0 Å². The van der Waals surface area contributed by atoms with E-state index in [0.717, 1.165) is 11.2 Å². The Kier molecular flexibility index (Phi) is 4.98. The van der Waals surface area contributed by atoms with Crippen molar-refractivity contribution in [2.45, 2.75) is 25.9 Å². The minimum Gasteiger partial charge on any atom is -0.347 e. The third-order valence-electron chi connectivity index (χ3n) is 4.30. The lowest BCUT2D eigenvalue weighted by molar-refractivity contribution is -0.125. The van der Waals surface area contributed by atoms with Crippen LogP contribution in [0.2, 0.25) is 5.02 Å². The second-order valence-corrected chi connectivity index (χ2v) is 6.56. The second kappa shape index (κ2) is 7.73. The van der Waals surface area contributed by atoms with E-state index in [1.54, 1.807) is 24.3 Å². The highest BCUT2D eigenvalue weighted by Gasteiger charge is 2.22. The lowest BCUT2D eigenvalue weighted by Gasteiger charge is -2.13. The van der Waals surface area contributed by atoms with Crippen molar-refractivity contribution >= 4 is 23.2 Å². The highest BCUT2D eigenvalue weighted by molar-refractivity contribution is 6.30. The van der Waals surface area contributed by atoms with Gasteiger partial charge in [0.15, 0.2) is 17.5 Å². The van der Waals surface area contributed by atoms with Crippen LogP contribution in [-0.4, -0.2) is 40.7 Å². The van der Waals surface area contributed by atoms with Gasteiger partial charge in [-0.1, -0.05) is 24.6 Å². The molecule has 0 saturated carbocycles.